The number of aromatic nitrogens is 2. The second-order valence-electron chi connectivity index (χ2n) is 2.20. The number of nitrogens with zero attached hydrogens (tertiary/aromatic N) is 3. The van der Waals surface area contributed by atoms with Crippen LogP contribution in [0.5, 0.6) is 0 Å². The van der Waals surface area contributed by atoms with Gasteiger partial charge in [-0.2, -0.15) is 10.4 Å². The fourth-order valence-corrected chi connectivity index (χ4v) is 0.792. The van der Waals surface area contributed by atoms with Crippen LogP contribution in [0.25, 0.3) is 0 Å². The Morgan fingerprint density at radius 3 is 3.09 bits per heavy atom. The zero-order valence-corrected chi connectivity index (χ0v) is 6.36. The summed E-state index contributed by atoms with van der Waals surface area (Å²) in [5.74, 6) is 0. The van der Waals surface area contributed by atoms with Gasteiger partial charge >= 0.3 is 0 Å². The van der Waals surface area contributed by atoms with E-state index in [2.05, 4.69) is 16.5 Å². The van der Waals surface area contributed by atoms with Crippen molar-refractivity contribution < 1.29 is 0 Å². The Balaban J connectivity index is 2.49. The molecular formula is C7H10N4. The first-order chi connectivity index (χ1) is 5.36. The van der Waals surface area contributed by atoms with Gasteiger partial charge in [0.1, 0.15) is 6.04 Å². The van der Waals surface area contributed by atoms with Crippen LogP contribution in [0.15, 0.2) is 18.5 Å². The molecule has 0 aliphatic heterocycles. The predicted octanol–water partition coefficient (Wildman–Crippen LogP) is -0.00532. The lowest BCUT2D eigenvalue weighted by atomic mass is 10.3. The largest absolute Gasteiger partial charge is 0.303 e. The molecule has 1 heterocycles. The average Bonchev–Trinajstić information content (AvgIpc) is 2.52. The van der Waals surface area contributed by atoms with E-state index in [-0.39, 0.29) is 6.04 Å². The van der Waals surface area contributed by atoms with Gasteiger partial charge in [-0.25, -0.2) is 0 Å². The van der Waals surface area contributed by atoms with Crippen LogP contribution < -0.4 is 5.32 Å². The first-order valence-electron chi connectivity index (χ1n) is 3.41. The van der Waals surface area contributed by atoms with E-state index in [9.17, 15) is 0 Å². The van der Waals surface area contributed by atoms with Crippen molar-refractivity contribution in [1.29, 1.82) is 5.26 Å². The topological polar surface area (TPSA) is 53.6 Å². The lowest BCUT2D eigenvalue weighted by molar-refractivity contribution is 0.522. The van der Waals surface area contributed by atoms with Crippen LogP contribution in [0.2, 0.25) is 0 Å². The molecule has 58 valence electrons. The highest BCUT2D eigenvalue weighted by Gasteiger charge is 2.03. The Bertz CT molecular complexity index is 233. The van der Waals surface area contributed by atoms with E-state index in [1.54, 1.807) is 17.9 Å². The minimum Gasteiger partial charge on any atom is -0.303 e. The summed E-state index contributed by atoms with van der Waals surface area (Å²) < 4.78 is 1.73. The highest BCUT2D eigenvalue weighted by molar-refractivity contribution is 4.90. The highest BCUT2D eigenvalue weighted by Crippen LogP contribution is 1.88. The molecule has 1 rings (SSSR count). The van der Waals surface area contributed by atoms with Crippen molar-refractivity contribution in [1.82, 2.24) is 15.1 Å². The van der Waals surface area contributed by atoms with E-state index < -0.39 is 0 Å². The summed E-state index contributed by atoms with van der Waals surface area (Å²) in [7, 11) is 1.76. The van der Waals surface area contributed by atoms with Gasteiger partial charge < -0.3 is 5.32 Å². The van der Waals surface area contributed by atoms with E-state index in [1.807, 2.05) is 12.3 Å². The maximum atomic E-state index is 8.57. The SMILES string of the molecule is CNC(C#N)Cn1cccn1. The van der Waals surface area contributed by atoms with Crippen LogP contribution in [0.1, 0.15) is 0 Å². The molecule has 0 saturated carbocycles. The van der Waals surface area contributed by atoms with Gasteiger partial charge in [0.05, 0.1) is 12.6 Å². The van der Waals surface area contributed by atoms with Crippen LogP contribution in [0.3, 0.4) is 0 Å². The normalized spacial score (nSPS) is 12.4. The Labute approximate surface area is 65.4 Å². The molecule has 0 aromatic carbocycles. The molecule has 0 radical (unpaired) electrons. The van der Waals surface area contributed by atoms with Crippen LogP contribution >= 0.6 is 0 Å². The first kappa shape index (κ1) is 7.76. The third kappa shape index (κ3) is 2.06. The molecule has 0 saturated heterocycles. The smallest absolute Gasteiger partial charge is 0.115 e. The third-order valence-corrected chi connectivity index (χ3v) is 1.43. The summed E-state index contributed by atoms with van der Waals surface area (Å²) in [6, 6.07) is 3.80. The maximum Gasteiger partial charge on any atom is 0.115 e. The van der Waals surface area contributed by atoms with Gasteiger partial charge in [-0.05, 0) is 13.1 Å². The zero-order chi connectivity index (χ0) is 8.10. The second kappa shape index (κ2) is 3.74. The van der Waals surface area contributed by atoms with Gasteiger partial charge in [-0.1, -0.05) is 0 Å². The number of likely N-dealkylation sites (N-methyl/N-ethyl adjacent to an activating group) is 1. The van der Waals surface area contributed by atoms with Crippen molar-refractivity contribution in [2.75, 3.05) is 7.05 Å². The van der Waals surface area contributed by atoms with E-state index >= 15 is 0 Å². The molecule has 1 unspecified atom stereocenters. The molecule has 4 nitrogen and oxygen atoms in total. The zero-order valence-electron chi connectivity index (χ0n) is 6.36. The molecule has 4 heteroatoms. The van der Waals surface area contributed by atoms with Crippen molar-refractivity contribution in [3.05, 3.63) is 18.5 Å². The number of hydrogen-bond acceptors (Lipinski definition) is 3. The summed E-state index contributed by atoms with van der Waals surface area (Å²) in [5, 5.41) is 15.4. The molecule has 0 amide bonds. The Kier molecular flexibility index (Phi) is 2.64. The van der Waals surface area contributed by atoms with Crippen LogP contribution in [-0.2, 0) is 6.54 Å². The lowest BCUT2D eigenvalue weighted by Crippen LogP contribution is -2.28. The molecule has 0 aliphatic rings. The predicted molar refractivity (Wildman–Crippen MR) is 40.7 cm³/mol. The number of hydrogen-bond donors (Lipinski definition) is 1. The van der Waals surface area contributed by atoms with E-state index in [1.165, 1.54) is 0 Å². The molecule has 0 fully saturated rings. The van der Waals surface area contributed by atoms with Gasteiger partial charge in [-0.15, -0.1) is 0 Å². The minimum absolute atomic E-state index is 0.158. The number of rotatable bonds is 3. The van der Waals surface area contributed by atoms with E-state index in [4.69, 9.17) is 5.26 Å². The molecule has 1 aromatic rings. The monoisotopic (exact) mass is 150 g/mol. The summed E-state index contributed by atoms with van der Waals surface area (Å²) in [5.41, 5.74) is 0. The van der Waals surface area contributed by atoms with Gasteiger partial charge in [0.25, 0.3) is 0 Å². The molecule has 1 N–H and O–H groups in total. The van der Waals surface area contributed by atoms with E-state index in [0.717, 1.165) is 0 Å². The number of nitriles is 1. The molecule has 1 atom stereocenters. The standard InChI is InChI=1S/C7H10N4/c1-9-7(5-8)6-11-4-2-3-10-11/h2-4,7,9H,6H2,1H3. The average molecular weight is 150 g/mol. The summed E-state index contributed by atoms with van der Waals surface area (Å²) >= 11 is 0. The van der Waals surface area contributed by atoms with Crippen LogP contribution in [-0.4, -0.2) is 22.9 Å². The fourth-order valence-electron chi connectivity index (χ4n) is 0.792. The van der Waals surface area contributed by atoms with Crippen molar-refractivity contribution >= 4 is 0 Å². The molecular weight excluding hydrogens is 140 g/mol. The van der Waals surface area contributed by atoms with Crippen molar-refractivity contribution in [2.24, 2.45) is 0 Å². The summed E-state index contributed by atoms with van der Waals surface area (Å²) in [6.45, 7) is 0.597. The molecule has 0 aliphatic carbocycles. The van der Waals surface area contributed by atoms with Crippen molar-refractivity contribution in [3.63, 3.8) is 0 Å². The maximum absolute atomic E-state index is 8.57. The molecule has 11 heavy (non-hydrogen) atoms. The van der Waals surface area contributed by atoms with E-state index in [0.29, 0.717) is 6.54 Å². The molecule has 0 spiro atoms. The second-order valence-corrected chi connectivity index (χ2v) is 2.20. The lowest BCUT2D eigenvalue weighted by Gasteiger charge is -2.06. The van der Waals surface area contributed by atoms with Crippen LogP contribution in [0.4, 0.5) is 0 Å². The van der Waals surface area contributed by atoms with Crippen molar-refractivity contribution in [3.8, 4) is 6.07 Å². The first-order valence-corrected chi connectivity index (χ1v) is 3.41. The van der Waals surface area contributed by atoms with Gasteiger partial charge in [0.2, 0.25) is 0 Å². The molecule has 0 bridgehead atoms. The minimum atomic E-state index is -0.158. The fraction of sp³-hybridized carbons (Fsp3) is 0.429. The quantitative estimate of drug-likeness (QED) is 0.659. The van der Waals surface area contributed by atoms with Crippen LogP contribution in [0, 0.1) is 11.3 Å². The highest BCUT2D eigenvalue weighted by atomic mass is 15.3. The third-order valence-electron chi connectivity index (χ3n) is 1.43. The summed E-state index contributed by atoms with van der Waals surface area (Å²) in [6.07, 6.45) is 3.53. The van der Waals surface area contributed by atoms with Gasteiger partial charge in [0, 0.05) is 12.4 Å². The Hall–Kier alpha value is -1.34. The Morgan fingerprint density at radius 2 is 2.64 bits per heavy atom. The van der Waals surface area contributed by atoms with Gasteiger partial charge in [0.15, 0.2) is 0 Å². The van der Waals surface area contributed by atoms with Gasteiger partial charge in [-0.3, -0.25) is 4.68 Å². The Morgan fingerprint density at radius 1 is 1.82 bits per heavy atom. The number of nitrogens with one attached hydrogen (secondary N) is 1. The molecule has 1 aromatic heterocycles. The summed E-state index contributed by atoms with van der Waals surface area (Å²) in [4.78, 5) is 0. The van der Waals surface area contributed by atoms with Crippen molar-refractivity contribution in [2.45, 2.75) is 12.6 Å².